The summed E-state index contributed by atoms with van der Waals surface area (Å²) in [5, 5.41) is 13.3. The molecule has 0 bridgehead atoms. The highest BCUT2D eigenvalue weighted by Crippen LogP contribution is 2.40. The number of carboxylic acids is 1. The maximum atomic E-state index is 13.7. The lowest BCUT2D eigenvalue weighted by Crippen LogP contribution is -2.51. The van der Waals surface area contributed by atoms with Crippen molar-refractivity contribution in [1.29, 1.82) is 0 Å². The summed E-state index contributed by atoms with van der Waals surface area (Å²) in [5.74, 6) is -1.14. The van der Waals surface area contributed by atoms with E-state index in [0.29, 0.717) is 24.4 Å². The molecule has 37 heavy (non-hydrogen) atoms. The highest BCUT2D eigenvalue weighted by Gasteiger charge is 2.39. The molecule has 0 spiro atoms. The van der Waals surface area contributed by atoms with Gasteiger partial charge in [-0.05, 0) is 85.9 Å². The van der Waals surface area contributed by atoms with Gasteiger partial charge < -0.3 is 14.7 Å². The Kier molecular flexibility index (Phi) is 7.16. The number of benzene rings is 2. The highest BCUT2D eigenvalue weighted by atomic mass is 19.4. The Morgan fingerprint density at radius 1 is 1.11 bits per heavy atom. The molecule has 1 atom stereocenters. The van der Waals surface area contributed by atoms with Crippen molar-refractivity contribution in [2.75, 3.05) is 13.1 Å². The molecule has 1 saturated carbocycles. The van der Waals surface area contributed by atoms with E-state index in [1.54, 1.807) is 13.0 Å². The number of fused-ring (bicyclic) bond motifs is 1. The van der Waals surface area contributed by atoms with Gasteiger partial charge in [0.05, 0.1) is 23.3 Å². The van der Waals surface area contributed by atoms with Gasteiger partial charge in [-0.3, -0.25) is 9.69 Å². The lowest BCUT2D eigenvalue weighted by Gasteiger charge is -2.41. The minimum absolute atomic E-state index is 0.0865. The molecule has 1 saturated heterocycles. The molecule has 0 aromatic heterocycles. The average Bonchev–Trinajstić information content (AvgIpc) is 3.48. The maximum absolute atomic E-state index is 13.7. The monoisotopic (exact) mass is 516 g/mol. The third-order valence-corrected chi connectivity index (χ3v) is 7.68. The number of ether oxygens (including phenoxy) is 1. The normalized spacial score (nSPS) is 21.1. The summed E-state index contributed by atoms with van der Waals surface area (Å²) in [6.07, 6.45) is 0.705. The van der Waals surface area contributed by atoms with Gasteiger partial charge in [-0.1, -0.05) is 23.4 Å². The molecule has 2 fully saturated rings. The van der Waals surface area contributed by atoms with E-state index in [9.17, 15) is 18.0 Å². The van der Waals surface area contributed by atoms with E-state index in [0.717, 1.165) is 50.2 Å². The zero-order valence-corrected chi connectivity index (χ0v) is 20.8. The Hall–Kier alpha value is -3.07. The molecule has 2 aromatic carbocycles. The number of hydrogen-bond donors (Lipinski definition) is 1. The van der Waals surface area contributed by atoms with Crippen LogP contribution in [0, 0.1) is 5.92 Å². The molecule has 0 radical (unpaired) electrons. The van der Waals surface area contributed by atoms with Crippen LogP contribution >= 0.6 is 0 Å². The first kappa shape index (κ1) is 25.6. The number of halogens is 3. The van der Waals surface area contributed by atoms with Crippen molar-refractivity contribution in [3.63, 3.8) is 0 Å². The number of rotatable bonds is 8. The number of carboxylic acid groups (broad SMARTS) is 1. The van der Waals surface area contributed by atoms with E-state index in [1.165, 1.54) is 17.2 Å². The third-order valence-electron chi connectivity index (χ3n) is 7.68. The summed E-state index contributed by atoms with van der Waals surface area (Å²) in [6, 6.07) is 10.4. The van der Waals surface area contributed by atoms with Crippen LogP contribution in [0.2, 0.25) is 0 Å². The Morgan fingerprint density at radius 2 is 1.86 bits per heavy atom. The molecule has 5 rings (SSSR count). The number of hydrogen-bond acceptors (Lipinski definition) is 5. The van der Waals surface area contributed by atoms with Crippen molar-refractivity contribution in [2.24, 2.45) is 11.1 Å². The molecule has 1 unspecified atom stereocenters. The van der Waals surface area contributed by atoms with Gasteiger partial charge >= 0.3 is 12.1 Å². The molecule has 2 aliphatic carbocycles. The minimum Gasteiger partial charge on any atom is -0.490 e. The van der Waals surface area contributed by atoms with Crippen LogP contribution in [0.25, 0.3) is 0 Å². The molecule has 1 aliphatic heterocycles. The van der Waals surface area contributed by atoms with Gasteiger partial charge in [-0.25, -0.2) is 0 Å². The van der Waals surface area contributed by atoms with Crippen LogP contribution in [0.15, 0.2) is 41.6 Å². The van der Waals surface area contributed by atoms with Crippen molar-refractivity contribution in [1.82, 2.24) is 4.90 Å². The number of aliphatic carboxylic acids is 1. The van der Waals surface area contributed by atoms with Crippen LogP contribution in [-0.2, 0) is 28.8 Å². The molecule has 6 nitrogen and oxygen atoms in total. The lowest BCUT2D eigenvalue weighted by molar-refractivity contribution is -0.148. The predicted molar refractivity (Wildman–Crippen MR) is 132 cm³/mol. The van der Waals surface area contributed by atoms with Crippen LogP contribution in [0.5, 0.6) is 5.75 Å². The summed E-state index contributed by atoms with van der Waals surface area (Å²) in [6.45, 7) is 2.89. The fourth-order valence-electron chi connectivity index (χ4n) is 5.56. The Bertz CT molecular complexity index is 1180. The summed E-state index contributed by atoms with van der Waals surface area (Å²) in [4.78, 5) is 18.8. The van der Waals surface area contributed by atoms with Crippen molar-refractivity contribution >= 4 is 11.7 Å². The first-order chi connectivity index (χ1) is 17.7. The summed E-state index contributed by atoms with van der Waals surface area (Å²) >= 11 is 0. The SMILES string of the molecule is C/C(=N\OCc1ccc(OC2CCCC2)c(C(F)(F)F)c1)c1ccc2c(c1)CCC2N1CC(C(=O)O)C1. The van der Waals surface area contributed by atoms with Gasteiger partial charge in [-0.2, -0.15) is 13.2 Å². The standard InChI is InChI=1S/C28H31F3N2O4/c1-17(19-7-9-23-20(13-19)8-10-25(23)33-14-21(15-33)27(34)35)32-36-16-18-6-11-26(24(12-18)28(29,30)31)37-22-4-2-3-5-22/h6-7,9,11-13,21-22,25H,2-5,8,10,14-16H2,1H3,(H,34,35)/b32-17+. The van der Waals surface area contributed by atoms with Crippen LogP contribution in [0.1, 0.15) is 72.9 Å². The first-order valence-corrected chi connectivity index (χ1v) is 12.8. The van der Waals surface area contributed by atoms with Gasteiger partial charge in [0, 0.05) is 19.1 Å². The molecular formula is C28H31F3N2O4. The van der Waals surface area contributed by atoms with Gasteiger partial charge in [0.2, 0.25) is 0 Å². The quantitative estimate of drug-likeness (QED) is 0.346. The Balaban J connectivity index is 1.22. The van der Waals surface area contributed by atoms with Crippen molar-refractivity contribution in [2.45, 2.75) is 70.4 Å². The molecule has 198 valence electrons. The van der Waals surface area contributed by atoms with Gasteiger partial charge in [0.1, 0.15) is 12.4 Å². The lowest BCUT2D eigenvalue weighted by atomic mass is 9.95. The summed E-state index contributed by atoms with van der Waals surface area (Å²) in [5.41, 5.74) is 3.55. The third kappa shape index (κ3) is 5.61. The maximum Gasteiger partial charge on any atom is 0.419 e. The van der Waals surface area contributed by atoms with Crippen LogP contribution in [0.4, 0.5) is 13.2 Å². The topological polar surface area (TPSA) is 71.4 Å². The van der Waals surface area contributed by atoms with Crippen LogP contribution in [0.3, 0.4) is 0 Å². The van der Waals surface area contributed by atoms with Gasteiger partial charge in [-0.15, -0.1) is 0 Å². The minimum atomic E-state index is -4.52. The number of aryl methyl sites for hydroxylation is 1. The molecule has 0 amide bonds. The Morgan fingerprint density at radius 3 is 2.57 bits per heavy atom. The number of alkyl halides is 3. The van der Waals surface area contributed by atoms with Crippen LogP contribution < -0.4 is 4.74 Å². The zero-order valence-electron chi connectivity index (χ0n) is 20.8. The fourth-order valence-corrected chi connectivity index (χ4v) is 5.56. The summed E-state index contributed by atoms with van der Waals surface area (Å²) < 4.78 is 46.6. The second-order valence-corrected chi connectivity index (χ2v) is 10.3. The van der Waals surface area contributed by atoms with E-state index in [-0.39, 0.29) is 30.4 Å². The van der Waals surface area contributed by atoms with E-state index < -0.39 is 17.7 Å². The zero-order chi connectivity index (χ0) is 26.2. The number of likely N-dealkylation sites (tertiary alicyclic amines) is 1. The molecular weight excluding hydrogens is 485 g/mol. The predicted octanol–water partition coefficient (Wildman–Crippen LogP) is 5.97. The van der Waals surface area contributed by atoms with E-state index >= 15 is 0 Å². The number of nitrogens with zero attached hydrogens (tertiary/aromatic N) is 2. The molecule has 3 aliphatic rings. The van der Waals surface area contributed by atoms with Crippen molar-refractivity contribution in [3.8, 4) is 5.75 Å². The van der Waals surface area contributed by atoms with Crippen molar-refractivity contribution in [3.05, 3.63) is 64.2 Å². The Labute approximate surface area is 214 Å². The van der Waals surface area contributed by atoms with Gasteiger partial charge in [0.15, 0.2) is 0 Å². The van der Waals surface area contributed by atoms with Crippen molar-refractivity contribution < 1.29 is 32.6 Å². The average molecular weight is 517 g/mol. The molecule has 9 heteroatoms. The first-order valence-electron chi connectivity index (χ1n) is 12.8. The molecule has 1 heterocycles. The smallest absolute Gasteiger partial charge is 0.419 e. The molecule has 2 aromatic rings. The second-order valence-electron chi connectivity index (χ2n) is 10.3. The van der Waals surface area contributed by atoms with E-state index in [1.807, 2.05) is 6.07 Å². The molecule has 1 N–H and O–H groups in total. The van der Waals surface area contributed by atoms with Crippen LogP contribution in [-0.4, -0.2) is 40.9 Å². The second kappa shape index (κ2) is 10.4. The number of oxime groups is 1. The largest absolute Gasteiger partial charge is 0.490 e. The fraction of sp³-hybridized carbons (Fsp3) is 0.500. The number of carbonyl (C=O) groups is 1. The summed E-state index contributed by atoms with van der Waals surface area (Å²) in [7, 11) is 0. The van der Waals surface area contributed by atoms with Gasteiger partial charge in [0.25, 0.3) is 0 Å². The van der Waals surface area contributed by atoms with E-state index in [4.69, 9.17) is 14.7 Å². The highest BCUT2D eigenvalue weighted by molar-refractivity contribution is 5.98. The van der Waals surface area contributed by atoms with E-state index in [2.05, 4.69) is 22.2 Å².